The van der Waals surface area contributed by atoms with Gasteiger partial charge in [0.2, 0.25) is 0 Å². The summed E-state index contributed by atoms with van der Waals surface area (Å²) in [6.45, 7) is 3.11. The van der Waals surface area contributed by atoms with Gasteiger partial charge in [0.1, 0.15) is 11.5 Å². The lowest BCUT2D eigenvalue weighted by Gasteiger charge is -2.07. The van der Waals surface area contributed by atoms with Crippen molar-refractivity contribution in [3.05, 3.63) is 46.3 Å². The van der Waals surface area contributed by atoms with Crippen molar-refractivity contribution in [3.63, 3.8) is 0 Å². The lowest BCUT2D eigenvalue weighted by atomic mass is 10.3. The van der Waals surface area contributed by atoms with Gasteiger partial charge in [-0.25, -0.2) is 0 Å². The summed E-state index contributed by atoms with van der Waals surface area (Å²) in [5.41, 5.74) is 1.66. The first-order valence-corrected chi connectivity index (χ1v) is 7.47. The summed E-state index contributed by atoms with van der Waals surface area (Å²) < 4.78 is 8.93. The van der Waals surface area contributed by atoms with Crippen LogP contribution < -0.4 is 5.32 Å². The molecule has 0 unspecified atom stereocenters. The van der Waals surface area contributed by atoms with Crippen LogP contribution in [-0.2, 0) is 13.1 Å². The number of carbonyl (C=O) groups excluding carboxylic acids is 1. The number of rotatable bonds is 4. The molecule has 0 radical (unpaired) electrons. The molecule has 0 bridgehead atoms. The lowest BCUT2D eigenvalue weighted by Crippen LogP contribution is -2.25. The molecule has 3 aromatic rings. The van der Waals surface area contributed by atoms with E-state index in [1.165, 1.54) is 11.3 Å². The average molecular weight is 309 g/mol. The predicted molar refractivity (Wildman–Crippen MR) is 80.4 cm³/mol. The quantitative estimate of drug-likeness (QED) is 0.794. The minimum Gasteiger partial charge on any atom is -0.467 e. The number of halogens is 1. The monoisotopic (exact) mass is 308 g/mol. The summed E-state index contributed by atoms with van der Waals surface area (Å²) in [5.74, 6) is 0.626. The third-order valence-electron chi connectivity index (χ3n) is 3.11. The highest BCUT2D eigenvalue weighted by atomic mass is 35.5. The number of thiophene rings is 1. The number of aryl methyl sites for hydroxylation is 1. The summed E-state index contributed by atoms with van der Waals surface area (Å²) >= 11 is 7.49. The summed E-state index contributed by atoms with van der Waals surface area (Å²) in [5, 5.41) is 2.86. The molecule has 0 atom stereocenters. The fraction of sp³-hybridized carbons (Fsp3) is 0.214. The number of furan rings is 1. The molecule has 0 aromatic carbocycles. The van der Waals surface area contributed by atoms with Crippen LogP contribution in [0.2, 0.25) is 4.34 Å². The van der Waals surface area contributed by atoms with E-state index >= 15 is 0 Å². The number of aromatic nitrogens is 1. The summed E-state index contributed by atoms with van der Waals surface area (Å²) in [7, 11) is 0. The first kappa shape index (κ1) is 13.3. The normalized spacial score (nSPS) is 11.1. The van der Waals surface area contributed by atoms with Crippen molar-refractivity contribution in [2.75, 3.05) is 0 Å². The van der Waals surface area contributed by atoms with Crippen molar-refractivity contribution in [2.24, 2.45) is 0 Å². The second-order valence-electron chi connectivity index (χ2n) is 4.34. The highest BCUT2D eigenvalue weighted by Crippen LogP contribution is 2.32. The number of nitrogens with zero attached hydrogens (tertiary/aromatic N) is 1. The second kappa shape index (κ2) is 5.34. The first-order valence-electron chi connectivity index (χ1n) is 6.28. The third-order valence-corrected chi connectivity index (χ3v) is 4.31. The number of hydrogen-bond donors (Lipinski definition) is 1. The number of fused-ring (bicyclic) bond motifs is 1. The third kappa shape index (κ3) is 2.34. The lowest BCUT2D eigenvalue weighted by molar-refractivity contribution is 0.0939. The molecular formula is C14H13ClN2O2S. The van der Waals surface area contributed by atoms with Crippen LogP contribution in [0.4, 0.5) is 0 Å². The molecule has 1 amide bonds. The molecule has 3 aromatic heterocycles. The minimum absolute atomic E-state index is 0.109. The van der Waals surface area contributed by atoms with Crippen LogP contribution >= 0.6 is 22.9 Å². The smallest absolute Gasteiger partial charge is 0.268 e. The molecule has 0 saturated carbocycles. The van der Waals surface area contributed by atoms with E-state index in [0.29, 0.717) is 12.2 Å². The van der Waals surface area contributed by atoms with E-state index in [4.69, 9.17) is 16.0 Å². The maximum Gasteiger partial charge on any atom is 0.268 e. The SMILES string of the molecule is CCn1c(C(=O)NCc2ccco2)cc2sc(Cl)cc21. The Morgan fingerprint density at radius 1 is 1.50 bits per heavy atom. The van der Waals surface area contributed by atoms with Crippen molar-refractivity contribution in [3.8, 4) is 0 Å². The van der Waals surface area contributed by atoms with Gasteiger partial charge in [-0.1, -0.05) is 11.6 Å². The van der Waals surface area contributed by atoms with Crippen LogP contribution in [0.1, 0.15) is 23.2 Å². The van der Waals surface area contributed by atoms with Gasteiger partial charge in [0, 0.05) is 6.54 Å². The van der Waals surface area contributed by atoms with Crippen molar-refractivity contribution in [1.82, 2.24) is 9.88 Å². The molecule has 0 saturated heterocycles. The van der Waals surface area contributed by atoms with Gasteiger partial charge >= 0.3 is 0 Å². The van der Waals surface area contributed by atoms with Crippen molar-refractivity contribution < 1.29 is 9.21 Å². The van der Waals surface area contributed by atoms with Crippen molar-refractivity contribution in [2.45, 2.75) is 20.0 Å². The predicted octanol–water partition coefficient (Wildman–Crippen LogP) is 3.90. The van der Waals surface area contributed by atoms with E-state index in [1.807, 2.05) is 29.7 Å². The molecule has 0 aliphatic heterocycles. The standard InChI is InChI=1S/C14H13ClN2O2S/c1-2-17-10-7-13(15)20-12(10)6-11(17)14(18)16-8-9-4-3-5-19-9/h3-7H,2,8H2,1H3,(H,16,18). The Hall–Kier alpha value is -1.72. The Kier molecular flexibility index (Phi) is 3.54. The van der Waals surface area contributed by atoms with Gasteiger partial charge in [0.15, 0.2) is 0 Å². The largest absolute Gasteiger partial charge is 0.467 e. The zero-order valence-electron chi connectivity index (χ0n) is 10.9. The molecule has 0 spiro atoms. The number of carbonyl (C=O) groups is 1. The topological polar surface area (TPSA) is 47.2 Å². The van der Waals surface area contributed by atoms with Crippen LogP contribution in [0.15, 0.2) is 34.9 Å². The molecule has 104 valence electrons. The molecular weight excluding hydrogens is 296 g/mol. The molecule has 4 nitrogen and oxygen atoms in total. The zero-order valence-corrected chi connectivity index (χ0v) is 12.4. The molecule has 0 aliphatic rings. The fourth-order valence-electron chi connectivity index (χ4n) is 2.21. The highest BCUT2D eigenvalue weighted by Gasteiger charge is 2.16. The van der Waals surface area contributed by atoms with Gasteiger partial charge in [-0.15, -0.1) is 11.3 Å². The molecule has 0 fully saturated rings. The van der Waals surface area contributed by atoms with E-state index in [9.17, 15) is 4.79 Å². The van der Waals surface area contributed by atoms with Crippen LogP contribution in [0.3, 0.4) is 0 Å². The molecule has 20 heavy (non-hydrogen) atoms. The number of amides is 1. The second-order valence-corrected chi connectivity index (χ2v) is 6.05. The van der Waals surface area contributed by atoms with Crippen LogP contribution in [0, 0.1) is 0 Å². The number of nitrogens with one attached hydrogen (secondary N) is 1. The highest BCUT2D eigenvalue weighted by molar-refractivity contribution is 7.22. The maximum atomic E-state index is 12.3. The fourth-order valence-corrected chi connectivity index (χ4v) is 3.39. The Balaban J connectivity index is 1.85. The maximum absolute atomic E-state index is 12.3. The molecule has 1 N–H and O–H groups in total. The minimum atomic E-state index is -0.109. The molecule has 6 heteroatoms. The van der Waals surface area contributed by atoms with E-state index < -0.39 is 0 Å². The van der Waals surface area contributed by atoms with E-state index in [0.717, 1.165) is 26.9 Å². The molecule has 3 heterocycles. The Morgan fingerprint density at radius 3 is 3.05 bits per heavy atom. The van der Waals surface area contributed by atoms with Gasteiger partial charge in [0.25, 0.3) is 5.91 Å². The summed E-state index contributed by atoms with van der Waals surface area (Å²) in [4.78, 5) is 12.3. The Morgan fingerprint density at radius 2 is 2.35 bits per heavy atom. The average Bonchev–Trinajstić information content (AvgIpc) is 3.10. The van der Waals surface area contributed by atoms with Gasteiger partial charge in [-0.05, 0) is 31.2 Å². The van der Waals surface area contributed by atoms with Gasteiger partial charge in [-0.3, -0.25) is 4.79 Å². The Labute approximate surface area is 124 Å². The zero-order chi connectivity index (χ0) is 14.1. The molecule has 0 aliphatic carbocycles. The first-order chi connectivity index (χ1) is 9.69. The van der Waals surface area contributed by atoms with Crippen LogP contribution in [0.5, 0.6) is 0 Å². The summed E-state index contributed by atoms with van der Waals surface area (Å²) in [6.07, 6.45) is 1.59. The van der Waals surface area contributed by atoms with Crippen LogP contribution in [-0.4, -0.2) is 10.5 Å². The van der Waals surface area contributed by atoms with Gasteiger partial charge in [0.05, 0.1) is 27.4 Å². The van der Waals surface area contributed by atoms with Crippen molar-refractivity contribution in [1.29, 1.82) is 0 Å². The van der Waals surface area contributed by atoms with E-state index in [-0.39, 0.29) is 5.91 Å². The number of hydrogen-bond acceptors (Lipinski definition) is 3. The van der Waals surface area contributed by atoms with Gasteiger partial charge < -0.3 is 14.3 Å². The van der Waals surface area contributed by atoms with Crippen molar-refractivity contribution >= 4 is 39.1 Å². The molecule has 3 rings (SSSR count). The van der Waals surface area contributed by atoms with Gasteiger partial charge in [-0.2, -0.15) is 0 Å². The Bertz CT molecular complexity index is 743. The van der Waals surface area contributed by atoms with Crippen LogP contribution in [0.25, 0.3) is 10.2 Å². The van der Waals surface area contributed by atoms with E-state index in [1.54, 1.807) is 12.3 Å². The summed E-state index contributed by atoms with van der Waals surface area (Å²) in [6, 6.07) is 7.41. The van der Waals surface area contributed by atoms with E-state index in [2.05, 4.69) is 5.32 Å².